The fourth-order valence-corrected chi connectivity index (χ4v) is 4.74. The standard InChI is InChI=1S/C25H24FN3O4/c1-28-21-20(22(31)29(24(28)32)12-5-13-30)19-15-25(19,14-16-8-10-17(26)11-9-16)23(27-21)33-18-6-3-2-4-7-18/h2-4,6-11,19,30H,5,12-15H2,1H3. The smallest absolute Gasteiger partial charge is 0.332 e. The molecule has 170 valence electrons. The van der Waals surface area contributed by atoms with Crippen LogP contribution in [0.5, 0.6) is 5.75 Å². The molecule has 1 fully saturated rings. The quantitative estimate of drug-likeness (QED) is 0.627. The molecule has 2 aliphatic rings. The second-order valence-electron chi connectivity index (χ2n) is 8.66. The Morgan fingerprint density at radius 2 is 1.88 bits per heavy atom. The Morgan fingerprint density at radius 1 is 1.15 bits per heavy atom. The highest BCUT2D eigenvalue weighted by Gasteiger charge is 2.64. The zero-order valence-electron chi connectivity index (χ0n) is 18.2. The zero-order chi connectivity index (χ0) is 23.2. The fourth-order valence-electron chi connectivity index (χ4n) is 4.74. The third-order valence-corrected chi connectivity index (χ3v) is 6.54. The van der Waals surface area contributed by atoms with Crippen molar-refractivity contribution in [2.75, 3.05) is 6.61 Å². The minimum atomic E-state index is -0.550. The van der Waals surface area contributed by atoms with Crippen LogP contribution in [0.4, 0.5) is 10.2 Å². The van der Waals surface area contributed by atoms with Gasteiger partial charge < -0.3 is 9.84 Å². The number of fused-ring (bicyclic) bond motifs is 3. The number of aliphatic hydroxyl groups is 1. The highest BCUT2D eigenvalue weighted by molar-refractivity contribution is 5.94. The molecular weight excluding hydrogens is 425 g/mol. The summed E-state index contributed by atoms with van der Waals surface area (Å²) in [6, 6.07) is 15.6. The van der Waals surface area contributed by atoms with Crippen LogP contribution in [0.1, 0.15) is 29.9 Å². The topological polar surface area (TPSA) is 85.8 Å². The lowest BCUT2D eigenvalue weighted by Crippen LogP contribution is -2.43. The third kappa shape index (κ3) is 3.60. The molecule has 1 aliphatic carbocycles. The molecule has 0 spiro atoms. The second-order valence-corrected chi connectivity index (χ2v) is 8.66. The molecule has 2 heterocycles. The molecule has 1 aliphatic heterocycles. The third-order valence-electron chi connectivity index (χ3n) is 6.54. The second kappa shape index (κ2) is 8.12. The number of aromatic nitrogens is 2. The van der Waals surface area contributed by atoms with Gasteiger partial charge in [-0.25, -0.2) is 9.18 Å². The van der Waals surface area contributed by atoms with E-state index in [4.69, 9.17) is 9.73 Å². The predicted octanol–water partition coefficient (Wildman–Crippen LogP) is 2.91. The van der Waals surface area contributed by atoms with E-state index in [2.05, 4.69) is 0 Å². The van der Waals surface area contributed by atoms with Gasteiger partial charge in [0.25, 0.3) is 5.56 Å². The summed E-state index contributed by atoms with van der Waals surface area (Å²) < 4.78 is 22.2. The van der Waals surface area contributed by atoms with Gasteiger partial charge in [-0.05, 0) is 49.1 Å². The molecule has 7 nitrogen and oxygen atoms in total. The van der Waals surface area contributed by atoms with Gasteiger partial charge in [0.1, 0.15) is 17.4 Å². The minimum absolute atomic E-state index is 0.113. The molecule has 33 heavy (non-hydrogen) atoms. The van der Waals surface area contributed by atoms with Crippen LogP contribution >= 0.6 is 0 Å². The maximum absolute atomic E-state index is 13.5. The van der Waals surface area contributed by atoms with Gasteiger partial charge in [0.15, 0.2) is 0 Å². The van der Waals surface area contributed by atoms with Gasteiger partial charge in [-0.3, -0.25) is 13.9 Å². The molecule has 0 saturated heterocycles. The molecular formula is C25H24FN3O4. The van der Waals surface area contributed by atoms with Gasteiger partial charge in [-0.15, -0.1) is 0 Å². The first kappa shape index (κ1) is 21.3. The lowest BCUT2D eigenvalue weighted by Gasteiger charge is -2.26. The van der Waals surface area contributed by atoms with Crippen molar-refractivity contribution in [3.05, 3.63) is 92.4 Å². The summed E-state index contributed by atoms with van der Waals surface area (Å²) in [6.45, 7) is 0.0296. The lowest BCUT2D eigenvalue weighted by atomic mass is 9.89. The SMILES string of the molecule is Cn1c2c(c(=O)n(CCCO)c1=O)C1CC1(Cc1ccc(F)cc1)C(Oc1ccccc1)=N2. The van der Waals surface area contributed by atoms with Crippen LogP contribution in [0.25, 0.3) is 0 Å². The summed E-state index contributed by atoms with van der Waals surface area (Å²) in [7, 11) is 1.59. The molecule has 1 saturated carbocycles. The van der Waals surface area contributed by atoms with Gasteiger partial charge in [0.2, 0.25) is 5.90 Å². The summed E-state index contributed by atoms with van der Waals surface area (Å²) in [6.07, 6.45) is 1.48. The molecule has 2 aromatic carbocycles. The molecule has 5 rings (SSSR count). The zero-order valence-corrected chi connectivity index (χ0v) is 18.2. The summed E-state index contributed by atoms with van der Waals surface area (Å²) in [5, 5.41) is 9.19. The molecule has 0 amide bonds. The van der Waals surface area contributed by atoms with Crippen molar-refractivity contribution < 1.29 is 14.2 Å². The first-order chi connectivity index (χ1) is 15.9. The Kier molecular flexibility index (Phi) is 5.25. The van der Waals surface area contributed by atoms with Crippen molar-refractivity contribution >= 4 is 11.7 Å². The molecule has 1 N–H and O–H groups in total. The maximum atomic E-state index is 13.5. The number of aliphatic imine (C=N–C) groups is 1. The number of hydrogen-bond donors (Lipinski definition) is 1. The minimum Gasteiger partial charge on any atom is -0.442 e. The van der Waals surface area contributed by atoms with E-state index in [9.17, 15) is 19.1 Å². The van der Waals surface area contributed by atoms with Crippen LogP contribution in [-0.4, -0.2) is 26.7 Å². The Morgan fingerprint density at radius 3 is 2.58 bits per heavy atom. The van der Waals surface area contributed by atoms with Crippen LogP contribution in [0.3, 0.4) is 0 Å². The average Bonchev–Trinajstić information content (AvgIpc) is 3.55. The van der Waals surface area contributed by atoms with Crippen molar-refractivity contribution in [2.45, 2.75) is 31.7 Å². The maximum Gasteiger partial charge on any atom is 0.332 e. The van der Waals surface area contributed by atoms with Gasteiger partial charge in [0.05, 0.1) is 11.0 Å². The van der Waals surface area contributed by atoms with E-state index in [1.807, 2.05) is 30.3 Å². The van der Waals surface area contributed by atoms with Crippen LogP contribution < -0.4 is 16.0 Å². The number of ether oxygens (including phenoxy) is 1. The number of nitrogens with zero attached hydrogens (tertiary/aromatic N) is 3. The first-order valence-electron chi connectivity index (χ1n) is 11.0. The van der Waals surface area contributed by atoms with Gasteiger partial charge in [-0.2, -0.15) is 4.99 Å². The van der Waals surface area contributed by atoms with E-state index in [1.165, 1.54) is 21.3 Å². The Labute approximate surface area is 189 Å². The molecule has 0 radical (unpaired) electrons. The van der Waals surface area contributed by atoms with Crippen molar-refractivity contribution in [1.29, 1.82) is 0 Å². The van der Waals surface area contributed by atoms with Gasteiger partial charge in [-0.1, -0.05) is 30.3 Å². The normalized spacial score (nSPS) is 20.6. The van der Waals surface area contributed by atoms with Crippen molar-refractivity contribution in [2.24, 2.45) is 17.5 Å². The molecule has 8 heteroatoms. The molecule has 0 bridgehead atoms. The fraction of sp³-hybridized carbons (Fsp3) is 0.320. The monoisotopic (exact) mass is 449 g/mol. The van der Waals surface area contributed by atoms with Crippen LogP contribution in [0.2, 0.25) is 0 Å². The lowest BCUT2D eigenvalue weighted by molar-refractivity contribution is 0.277. The van der Waals surface area contributed by atoms with Crippen LogP contribution in [0.15, 0.2) is 69.2 Å². The number of para-hydroxylation sites is 1. The summed E-state index contributed by atoms with van der Waals surface area (Å²) >= 11 is 0. The number of halogens is 1. The molecule has 3 aromatic rings. The highest BCUT2D eigenvalue weighted by atomic mass is 19.1. The molecule has 2 atom stereocenters. The summed E-state index contributed by atoms with van der Waals surface area (Å²) in [4.78, 5) is 30.9. The van der Waals surface area contributed by atoms with Gasteiger partial charge in [0, 0.05) is 26.1 Å². The van der Waals surface area contributed by atoms with E-state index in [0.717, 1.165) is 5.56 Å². The number of rotatable bonds is 6. The van der Waals surface area contributed by atoms with E-state index in [0.29, 0.717) is 42.3 Å². The number of benzene rings is 2. The average molecular weight is 449 g/mol. The number of aliphatic hydroxyl groups excluding tert-OH is 1. The van der Waals surface area contributed by atoms with E-state index in [1.54, 1.807) is 19.2 Å². The van der Waals surface area contributed by atoms with Crippen molar-refractivity contribution in [3.63, 3.8) is 0 Å². The van der Waals surface area contributed by atoms with Crippen LogP contribution in [0, 0.1) is 11.2 Å². The number of hydrogen-bond acceptors (Lipinski definition) is 5. The summed E-state index contributed by atoms with van der Waals surface area (Å²) in [5.74, 6) is 0.902. The Bertz CT molecular complexity index is 1350. The summed E-state index contributed by atoms with van der Waals surface area (Å²) in [5.41, 5.74) is 0.0258. The molecule has 2 unspecified atom stereocenters. The van der Waals surface area contributed by atoms with Crippen LogP contribution in [-0.2, 0) is 20.0 Å². The largest absolute Gasteiger partial charge is 0.442 e. The highest BCUT2D eigenvalue weighted by Crippen LogP contribution is 2.65. The van der Waals surface area contributed by atoms with E-state index in [-0.39, 0.29) is 30.4 Å². The Hall–Kier alpha value is -3.52. The van der Waals surface area contributed by atoms with Gasteiger partial charge >= 0.3 is 5.69 Å². The molecule has 1 aromatic heterocycles. The van der Waals surface area contributed by atoms with E-state index >= 15 is 0 Å². The Balaban J connectivity index is 1.64. The van der Waals surface area contributed by atoms with Crippen molar-refractivity contribution in [3.8, 4) is 5.75 Å². The first-order valence-corrected chi connectivity index (χ1v) is 11.0. The van der Waals surface area contributed by atoms with E-state index < -0.39 is 11.1 Å². The predicted molar refractivity (Wildman–Crippen MR) is 122 cm³/mol. The van der Waals surface area contributed by atoms with Crippen molar-refractivity contribution in [1.82, 2.24) is 9.13 Å².